The SMILES string of the molecule is Cn1ccc(-c2cccc3nccn23)n1. The van der Waals surface area contributed by atoms with E-state index in [2.05, 4.69) is 10.1 Å². The average molecular weight is 198 g/mol. The second-order valence-corrected chi connectivity index (χ2v) is 3.44. The number of rotatable bonds is 1. The van der Waals surface area contributed by atoms with Crippen LogP contribution in [-0.4, -0.2) is 19.2 Å². The van der Waals surface area contributed by atoms with Gasteiger partial charge in [0, 0.05) is 25.6 Å². The fourth-order valence-electron chi connectivity index (χ4n) is 1.71. The van der Waals surface area contributed by atoms with Crippen molar-refractivity contribution in [1.82, 2.24) is 19.2 Å². The molecule has 3 aromatic heterocycles. The van der Waals surface area contributed by atoms with Crippen LogP contribution < -0.4 is 0 Å². The molecule has 0 aliphatic heterocycles. The van der Waals surface area contributed by atoms with Crippen molar-refractivity contribution in [1.29, 1.82) is 0 Å². The first kappa shape index (κ1) is 8.23. The zero-order chi connectivity index (χ0) is 10.3. The monoisotopic (exact) mass is 198 g/mol. The number of fused-ring (bicyclic) bond motifs is 1. The van der Waals surface area contributed by atoms with Crippen LogP contribution >= 0.6 is 0 Å². The predicted octanol–water partition coefficient (Wildman–Crippen LogP) is 1.73. The van der Waals surface area contributed by atoms with Crippen LogP contribution in [-0.2, 0) is 7.05 Å². The quantitative estimate of drug-likeness (QED) is 0.597. The number of hydrogen-bond acceptors (Lipinski definition) is 2. The van der Waals surface area contributed by atoms with E-state index in [1.807, 2.05) is 48.1 Å². The number of aromatic nitrogens is 4. The summed E-state index contributed by atoms with van der Waals surface area (Å²) in [6.45, 7) is 0. The molecular formula is C11H10N4. The summed E-state index contributed by atoms with van der Waals surface area (Å²) in [5.74, 6) is 0. The molecule has 0 N–H and O–H groups in total. The van der Waals surface area contributed by atoms with Crippen LogP contribution in [0.25, 0.3) is 17.0 Å². The van der Waals surface area contributed by atoms with Gasteiger partial charge >= 0.3 is 0 Å². The van der Waals surface area contributed by atoms with Gasteiger partial charge in [-0.25, -0.2) is 4.98 Å². The van der Waals surface area contributed by atoms with Crippen molar-refractivity contribution in [3.63, 3.8) is 0 Å². The van der Waals surface area contributed by atoms with E-state index in [0.717, 1.165) is 17.0 Å². The molecule has 0 spiro atoms. The number of imidazole rings is 1. The molecule has 0 fully saturated rings. The molecule has 0 aromatic carbocycles. The first-order valence-electron chi connectivity index (χ1n) is 4.77. The van der Waals surface area contributed by atoms with Crippen molar-refractivity contribution in [2.45, 2.75) is 0 Å². The normalized spacial score (nSPS) is 11.0. The molecule has 3 rings (SSSR count). The first-order valence-corrected chi connectivity index (χ1v) is 4.77. The molecule has 3 aromatic rings. The molecule has 74 valence electrons. The van der Waals surface area contributed by atoms with E-state index in [9.17, 15) is 0 Å². The van der Waals surface area contributed by atoms with Crippen molar-refractivity contribution in [3.8, 4) is 11.4 Å². The standard InChI is InChI=1S/C11H10N4/c1-14-7-5-9(13-14)10-3-2-4-11-12-6-8-15(10)11/h2-8H,1H3. The third kappa shape index (κ3) is 1.22. The summed E-state index contributed by atoms with van der Waals surface area (Å²) < 4.78 is 3.83. The highest BCUT2D eigenvalue weighted by Crippen LogP contribution is 2.17. The van der Waals surface area contributed by atoms with Crippen LogP contribution in [0.4, 0.5) is 0 Å². The molecule has 0 aliphatic carbocycles. The minimum Gasteiger partial charge on any atom is -0.298 e. The molecule has 4 nitrogen and oxygen atoms in total. The van der Waals surface area contributed by atoms with E-state index >= 15 is 0 Å². The van der Waals surface area contributed by atoms with E-state index in [1.165, 1.54) is 0 Å². The van der Waals surface area contributed by atoms with Gasteiger partial charge in [0.1, 0.15) is 11.3 Å². The summed E-state index contributed by atoms with van der Waals surface area (Å²) >= 11 is 0. The van der Waals surface area contributed by atoms with Gasteiger partial charge in [-0.1, -0.05) is 6.07 Å². The molecule has 0 amide bonds. The molecule has 15 heavy (non-hydrogen) atoms. The highest BCUT2D eigenvalue weighted by Gasteiger charge is 2.05. The Morgan fingerprint density at radius 1 is 1.13 bits per heavy atom. The Hall–Kier alpha value is -2.10. The van der Waals surface area contributed by atoms with Gasteiger partial charge < -0.3 is 0 Å². The van der Waals surface area contributed by atoms with E-state index in [0.29, 0.717) is 0 Å². The highest BCUT2D eigenvalue weighted by molar-refractivity contribution is 5.59. The van der Waals surface area contributed by atoms with Gasteiger partial charge in [-0.15, -0.1) is 0 Å². The Kier molecular flexibility index (Phi) is 1.62. The Labute approximate surface area is 86.8 Å². The maximum Gasteiger partial charge on any atom is 0.137 e. The number of aryl methyl sites for hydroxylation is 1. The largest absolute Gasteiger partial charge is 0.298 e. The Balaban J connectivity index is 2.30. The molecule has 0 bridgehead atoms. The number of hydrogen-bond donors (Lipinski definition) is 0. The average Bonchev–Trinajstić information content (AvgIpc) is 2.84. The summed E-state index contributed by atoms with van der Waals surface area (Å²) in [6.07, 6.45) is 5.67. The molecule has 0 saturated heterocycles. The van der Waals surface area contributed by atoms with Gasteiger partial charge in [0.05, 0.1) is 5.69 Å². The second-order valence-electron chi connectivity index (χ2n) is 3.44. The fraction of sp³-hybridized carbons (Fsp3) is 0.0909. The van der Waals surface area contributed by atoms with Gasteiger partial charge in [-0.2, -0.15) is 5.10 Å². The van der Waals surface area contributed by atoms with Crippen LogP contribution in [0, 0.1) is 0 Å². The third-order valence-electron chi connectivity index (χ3n) is 2.40. The minimum atomic E-state index is 0.943. The predicted molar refractivity (Wildman–Crippen MR) is 57.4 cm³/mol. The van der Waals surface area contributed by atoms with Crippen molar-refractivity contribution in [2.75, 3.05) is 0 Å². The summed E-state index contributed by atoms with van der Waals surface area (Å²) in [7, 11) is 1.91. The van der Waals surface area contributed by atoms with Gasteiger partial charge in [-0.05, 0) is 18.2 Å². The molecule has 4 heteroatoms. The lowest BCUT2D eigenvalue weighted by Gasteiger charge is -2.01. The lowest BCUT2D eigenvalue weighted by molar-refractivity contribution is 0.769. The molecule has 0 radical (unpaired) electrons. The van der Waals surface area contributed by atoms with Crippen molar-refractivity contribution in [2.24, 2.45) is 7.05 Å². The smallest absolute Gasteiger partial charge is 0.137 e. The van der Waals surface area contributed by atoms with Crippen LogP contribution in [0.5, 0.6) is 0 Å². The lowest BCUT2D eigenvalue weighted by Crippen LogP contribution is -1.93. The Bertz CT molecular complexity index is 606. The van der Waals surface area contributed by atoms with E-state index in [1.54, 1.807) is 10.9 Å². The van der Waals surface area contributed by atoms with Crippen LogP contribution in [0.1, 0.15) is 0 Å². The summed E-state index contributed by atoms with van der Waals surface area (Å²) in [4.78, 5) is 4.24. The van der Waals surface area contributed by atoms with Gasteiger partial charge in [0.15, 0.2) is 0 Å². The summed E-state index contributed by atoms with van der Waals surface area (Å²) in [6, 6.07) is 8.00. The number of pyridine rings is 1. The van der Waals surface area contributed by atoms with Crippen LogP contribution in [0.2, 0.25) is 0 Å². The Morgan fingerprint density at radius 3 is 2.87 bits per heavy atom. The van der Waals surface area contributed by atoms with Crippen molar-refractivity contribution < 1.29 is 0 Å². The molecule has 0 atom stereocenters. The van der Waals surface area contributed by atoms with Gasteiger partial charge in [-0.3, -0.25) is 9.08 Å². The number of nitrogens with zero attached hydrogens (tertiary/aromatic N) is 4. The summed E-state index contributed by atoms with van der Waals surface area (Å²) in [5, 5.41) is 4.38. The molecule has 0 aliphatic rings. The third-order valence-corrected chi connectivity index (χ3v) is 2.40. The zero-order valence-electron chi connectivity index (χ0n) is 8.33. The topological polar surface area (TPSA) is 35.1 Å². The maximum absolute atomic E-state index is 4.38. The van der Waals surface area contributed by atoms with Crippen LogP contribution in [0.15, 0.2) is 42.9 Å². The van der Waals surface area contributed by atoms with Crippen molar-refractivity contribution >= 4 is 5.65 Å². The van der Waals surface area contributed by atoms with Crippen molar-refractivity contribution in [3.05, 3.63) is 42.9 Å². The Morgan fingerprint density at radius 2 is 2.07 bits per heavy atom. The molecular weight excluding hydrogens is 188 g/mol. The van der Waals surface area contributed by atoms with Gasteiger partial charge in [0.2, 0.25) is 0 Å². The second kappa shape index (κ2) is 2.95. The van der Waals surface area contributed by atoms with E-state index in [4.69, 9.17) is 0 Å². The van der Waals surface area contributed by atoms with E-state index in [-0.39, 0.29) is 0 Å². The fourth-order valence-corrected chi connectivity index (χ4v) is 1.71. The van der Waals surface area contributed by atoms with E-state index < -0.39 is 0 Å². The maximum atomic E-state index is 4.38. The van der Waals surface area contributed by atoms with Gasteiger partial charge in [0.25, 0.3) is 0 Å². The van der Waals surface area contributed by atoms with Crippen LogP contribution in [0.3, 0.4) is 0 Å². The molecule has 0 saturated carbocycles. The highest BCUT2D eigenvalue weighted by atomic mass is 15.3. The zero-order valence-corrected chi connectivity index (χ0v) is 8.33. The molecule has 3 heterocycles. The first-order chi connectivity index (χ1) is 7.34. The summed E-state index contributed by atoms with van der Waals surface area (Å²) in [5.41, 5.74) is 2.96. The minimum absolute atomic E-state index is 0.943. The molecule has 0 unspecified atom stereocenters. The lowest BCUT2D eigenvalue weighted by atomic mass is 10.3.